The minimum Gasteiger partial charge on any atom is -0.309 e. The largest absolute Gasteiger partial charge is 0.309 e. The van der Waals surface area contributed by atoms with Gasteiger partial charge in [-0.05, 0) is 25.2 Å². The Labute approximate surface area is 88.5 Å². The van der Waals surface area contributed by atoms with Crippen LogP contribution >= 0.6 is 11.6 Å². The van der Waals surface area contributed by atoms with Crippen molar-refractivity contribution in [1.82, 2.24) is 5.32 Å². The van der Waals surface area contributed by atoms with E-state index in [-0.39, 0.29) is 0 Å². The van der Waals surface area contributed by atoms with E-state index in [1.807, 2.05) is 13.1 Å². The summed E-state index contributed by atoms with van der Waals surface area (Å²) in [6.45, 7) is 0.604. The highest BCUT2D eigenvalue weighted by Crippen LogP contribution is 2.15. The van der Waals surface area contributed by atoms with E-state index in [1.54, 1.807) is 18.2 Å². The van der Waals surface area contributed by atoms with Crippen LogP contribution in [0.25, 0.3) is 0 Å². The Bertz CT molecular complexity index is 421. The van der Waals surface area contributed by atoms with Gasteiger partial charge < -0.3 is 5.32 Å². The maximum absolute atomic E-state index is 8.67. The summed E-state index contributed by atoms with van der Waals surface area (Å²) in [6.07, 6.45) is 0. The molecule has 14 heavy (non-hydrogen) atoms. The van der Waals surface area contributed by atoms with Gasteiger partial charge in [-0.3, -0.25) is 0 Å². The lowest BCUT2D eigenvalue weighted by Gasteiger charge is -1.95. The molecule has 2 nitrogen and oxygen atoms in total. The van der Waals surface area contributed by atoms with Gasteiger partial charge in [0.15, 0.2) is 0 Å². The molecule has 1 rings (SSSR count). The van der Waals surface area contributed by atoms with E-state index < -0.39 is 0 Å². The maximum Gasteiger partial charge on any atom is 0.0992 e. The van der Waals surface area contributed by atoms with Crippen LogP contribution in [0.2, 0.25) is 5.02 Å². The highest BCUT2D eigenvalue weighted by molar-refractivity contribution is 6.31. The van der Waals surface area contributed by atoms with E-state index in [1.165, 1.54) is 0 Å². The van der Waals surface area contributed by atoms with Crippen molar-refractivity contribution in [2.45, 2.75) is 0 Å². The second-order valence-electron chi connectivity index (χ2n) is 2.64. The number of halogens is 1. The summed E-state index contributed by atoms with van der Waals surface area (Å²) < 4.78 is 0. The summed E-state index contributed by atoms with van der Waals surface area (Å²) in [6, 6.07) is 7.08. The zero-order valence-corrected chi connectivity index (χ0v) is 8.52. The van der Waals surface area contributed by atoms with E-state index in [0.29, 0.717) is 22.7 Å². The van der Waals surface area contributed by atoms with Gasteiger partial charge in [-0.15, -0.1) is 0 Å². The van der Waals surface area contributed by atoms with Gasteiger partial charge in [0, 0.05) is 5.56 Å². The fraction of sp³-hybridized carbons (Fsp3) is 0.182. The summed E-state index contributed by atoms with van der Waals surface area (Å²) in [5, 5.41) is 12.2. The maximum atomic E-state index is 8.67. The molecule has 0 aliphatic rings. The molecular weight excluding hydrogens is 196 g/mol. The molecule has 0 aliphatic heterocycles. The first-order valence-electron chi connectivity index (χ1n) is 4.11. The molecule has 0 saturated carbocycles. The van der Waals surface area contributed by atoms with E-state index in [4.69, 9.17) is 16.9 Å². The zero-order valence-electron chi connectivity index (χ0n) is 7.76. The monoisotopic (exact) mass is 204 g/mol. The fourth-order valence-electron chi connectivity index (χ4n) is 0.918. The molecule has 0 unspecified atom stereocenters. The molecule has 0 saturated heterocycles. The quantitative estimate of drug-likeness (QED) is 0.708. The van der Waals surface area contributed by atoms with Crippen LogP contribution in [0.5, 0.6) is 0 Å². The molecule has 0 fully saturated rings. The van der Waals surface area contributed by atoms with Gasteiger partial charge in [0.25, 0.3) is 0 Å². The first-order valence-corrected chi connectivity index (χ1v) is 4.49. The van der Waals surface area contributed by atoms with Crippen molar-refractivity contribution in [3.05, 3.63) is 34.3 Å². The van der Waals surface area contributed by atoms with Crippen molar-refractivity contribution in [2.75, 3.05) is 13.6 Å². The van der Waals surface area contributed by atoms with Crippen LogP contribution in [0.15, 0.2) is 18.2 Å². The Balaban J connectivity index is 2.98. The number of nitrogens with zero attached hydrogens (tertiary/aromatic N) is 1. The van der Waals surface area contributed by atoms with Crippen molar-refractivity contribution in [3.63, 3.8) is 0 Å². The molecule has 0 aromatic heterocycles. The Morgan fingerprint density at radius 2 is 2.29 bits per heavy atom. The van der Waals surface area contributed by atoms with Crippen LogP contribution in [0.4, 0.5) is 0 Å². The van der Waals surface area contributed by atoms with Crippen LogP contribution in [0.3, 0.4) is 0 Å². The number of nitrogens with one attached hydrogen (secondary N) is 1. The van der Waals surface area contributed by atoms with Gasteiger partial charge in [-0.2, -0.15) is 5.26 Å². The number of rotatable bonds is 1. The summed E-state index contributed by atoms with van der Waals surface area (Å²) in [7, 11) is 1.82. The average molecular weight is 205 g/mol. The van der Waals surface area contributed by atoms with Crippen molar-refractivity contribution in [1.29, 1.82) is 5.26 Å². The molecule has 1 N–H and O–H groups in total. The molecule has 0 radical (unpaired) electrons. The van der Waals surface area contributed by atoms with Gasteiger partial charge >= 0.3 is 0 Å². The van der Waals surface area contributed by atoms with Crippen LogP contribution < -0.4 is 5.32 Å². The van der Waals surface area contributed by atoms with Gasteiger partial charge in [0.05, 0.1) is 23.2 Å². The Morgan fingerprint density at radius 1 is 1.50 bits per heavy atom. The van der Waals surface area contributed by atoms with Crippen LogP contribution in [0.1, 0.15) is 11.1 Å². The number of hydrogen-bond acceptors (Lipinski definition) is 2. The molecule has 1 aromatic carbocycles. The van der Waals surface area contributed by atoms with E-state index in [2.05, 4.69) is 17.2 Å². The normalized spacial score (nSPS) is 8.64. The SMILES string of the molecule is CNCC#Cc1cc(C#N)ccc1Cl. The van der Waals surface area contributed by atoms with Crippen molar-refractivity contribution in [3.8, 4) is 17.9 Å². The number of benzene rings is 1. The highest BCUT2D eigenvalue weighted by Gasteiger charge is 1.97. The number of hydrogen-bond donors (Lipinski definition) is 1. The Morgan fingerprint density at radius 3 is 2.93 bits per heavy atom. The summed E-state index contributed by atoms with van der Waals surface area (Å²) >= 11 is 5.90. The minimum atomic E-state index is 0.572. The summed E-state index contributed by atoms with van der Waals surface area (Å²) in [5.74, 6) is 5.78. The molecule has 0 atom stereocenters. The third-order valence-corrected chi connectivity index (χ3v) is 1.91. The van der Waals surface area contributed by atoms with E-state index >= 15 is 0 Å². The second-order valence-corrected chi connectivity index (χ2v) is 3.05. The molecule has 1 aromatic rings. The Kier molecular flexibility index (Phi) is 4.01. The predicted molar refractivity (Wildman–Crippen MR) is 57.0 cm³/mol. The van der Waals surface area contributed by atoms with Crippen LogP contribution in [0, 0.1) is 23.2 Å². The fourth-order valence-corrected chi connectivity index (χ4v) is 1.08. The van der Waals surface area contributed by atoms with E-state index in [0.717, 1.165) is 0 Å². The smallest absolute Gasteiger partial charge is 0.0992 e. The van der Waals surface area contributed by atoms with Gasteiger partial charge in [-0.1, -0.05) is 23.4 Å². The molecular formula is C11H9ClN2. The molecule has 0 heterocycles. The standard InChI is InChI=1S/C11H9ClN2/c1-14-6-2-3-10-7-9(8-13)4-5-11(10)12/h4-5,7,14H,6H2,1H3. The lowest BCUT2D eigenvalue weighted by molar-refractivity contribution is 0.938. The molecule has 0 spiro atoms. The van der Waals surface area contributed by atoms with Crippen LogP contribution in [-0.4, -0.2) is 13.6 Å². The summed E-state index contributed by atoms with van der Waals surface area (Å²) in [5.41, 5.74) is 1.27. The highest BCUT2D eigenvalue weighted by atomic mass is 35.5. The third kappa shape index (κ3) is 2.78. The van der Waals surface area contributed by atoms with Gasteiger partial charge in [0.2, 0.25) is 0 Å². The first-order chi connectivity index (χ1) is 6.77. The van der Waals surface area contributed by atoms with Gasteiger partial charge in [-0.25, -0.2) is 0 Å². The number of nitriles is 1. The summed E-state index contributed by atoms with van der Waals surface area (Å²) in [4.78, 5) is 0. The topological polar surface area (TPSA) is 35.8 Å². The Hall–Kier alpha value is -1.48. The lowest BCUT2D eigenvalue weighted by Crippen LogP contribution is -2.04. The van der Waals surface area contributed by atoms with Crippen LogP contribution in [-0.2, 0) is 0 Å². The van der Waals surface area contributed by atoms with Crippen molar-refractivity contribution >= 4 is 11.6 Å². The van der Waals surface area contributed by atoms with Crippen molar-refractivity contribution in [2.24, 2.45) is 0 Å². The lowest BCUT2D eigenvalue weighted by atomic mass is 10.1. The second kappa shape index (κ2) is 5.29. The minimum absolute atomic E-state index is 0.572. The predicted octanol–water partition coefficient (Wildman–Crippen LogP) is 1.78. The van der Waals surface area contributed by atoms with Gasteiger partial charge in [0.1, 0.15) is 0 Å². The molecule has 70 valence electrons. The first kappa shape index (κ1) is 10.6. The average Bonchev–Trinajstić information content (AvgIpc) is 2.21. The zero-order chi connectivity index (χ0) is 10.4. The third-order valence-electron chi connectivity index (χ3n) is 1.58. The molecule has 0 amide bonds. The van der Waals surface area contributed by atoms with Crippen molar-refractivity contribution < 1.29 is 0 Å². The molecule has 0 aliphatic carbocycles. The van der Waals surface area contributed by atoms with E-state index in [9.17, 15) is 0 Å². The molecule has 0 bridgehead atoms. The molecule has 3 heteroatoms.